The number of halogens is 2. The number of fused-ring (bicyclic) bond motifs is 1. The third kappa shape index (κ3) is 7.55. The smallest absolute Gasteiger partial charge is 0.313 e. The first-order valence-corrected chi connectivity index (χ1v) is 12.7. The molecular formula is C28H35BrClNO6. The summed E-state index contributed by atoms with van der Waals surface area (Å²) in [6.07, 6.45) is 0.611. The predicted octanol–water partition coefficient (Wildman–Crippen LogP) is 5.88. The van der Waals surface area contributed by atoms with Crippen molar-refractivity contribution in [2.75, 3.05) is 13.1 Å². The summed E-state index contributed by atoms with van der Waals surface area (Å²) in [5, 5.41) is 3.70. The van der Waals surface area contributed by atoms with Crippen molar-refractivity contribution < 1.29 is 28.6 Å². The highest BCUT2D eigenvalue weighted by molar-refractivity contribution is 8.93. The second kappa shape index (κ2) is 13.4. The van der Waals surface area contributed by atoms with Gasteiger partial charge in [0.2, 0.25) is 0 Å². The fourth-order valence-electron chi connectivity index (χ4n) is 3.72. The van der Waals surface area contributed by atoms with E-state index in [0.29, 0.717) is 25.3 Å². The minimum atomic E-state index is -0.464. The van der Waals surface area contributed by atoms with E-state index in [9.17, 15) is 14.4 Å². The molecule has 202 valence electrons. The first kappa shape index (κ1) is 30.8. The summed E-state index contributed by atoms with van der Waals surface area (Å²) >= 11 is 6.83. The Bertz CT molecular complexity index is 1130. The highest BCUT2D eigenvalue weighted by Gasteiger charge is 2.29. The lowest BCUT2D eigenvalue weighted by molar-refractivity contribution is -0.140. The van der Waals surface area contributed by atoms with Crippen LogP contribution in [0.3, 0.4) is 0 Å². The van der Waals surface area contributed by atoms with E-state index in [-0.39, 0.29) is 63.1 Å². The maximum Gasteiger partial charge on any atom is 0.313 e. The molecule has 3 rings (SSSR count). The predicted molar refractivity (Wildman–Crippen MR) is 148 cm³/mol. The molecule has 0 spiro atoms. The molecule has 0 bridgehead atoms. The van der Waals surface area contributed by atoms with Crippen LogP contribution in [0.15, 0.2) is 30.3 Å². The van der Waals surface area contributed by atoms with E-state index in [1.165, 1.54) is 0 Å². The monoisotopic (exact) mass is 595 g/mol. The van der Waals surface area contributed by atoms with Crippen molar-refractivity contribution in [2.45, 2.75) is 53.9 Å². The van der Waals surface area contributed by atoms with Gasteiger partial charge in [0.25, 0.3) is 0 Å². The number of rotatable bonds is 7. The van der Waals surface area contributed by atoms with Crippen LogP contribution in [0.4, 0.5) is 0 Å². The highest BCUT2D eigenvalue weighted by atomic mass is 79.9. The number of esters is 3. The van der Waals surface area contributed by atoms with Crippen LogP contribution in [0.1, 0.15) is 64.2 Å². The molecule has 1 aliphatic rings. The van der Waals surface area contributed by atoms with Crippen molar-refractivity contribution in [3.05, 3.63) is 52.0 Å². The number of carbonyl (C=O) groups is 3. The van der Waals surface area contributed by atoms with E-state index in [0.717, 1.165) is 16.7 Å². The summed E-state index contributed by atoms with van der Waals surface area (Å²) in [5.41, 5.74) is 2.69. The average Bonchev–Trinajstić information content (AvgIpc) is 3.04. The molecule has 0 fully saturated rings. The van der Waals surface area contributed by atoms with Crippen LogP contribution >= 0.6 is 28.6 Å². The van der Waals surface area contributed by atoms with Gasteiger partial charge < -0.3 is 19.5 Å². The summed E-state index contributed by atoms with van der Waals surface area (Å²) in [7, 11) is 0. The van der Waals surface area contributed by atoms with Crippen molar-refractivity contribution in [1.82, 2.24) is 5.32 Å². The molecule has 0 amide bonds. The van der Waals surface area contributed by atoms with E-state index in [2.05, 4.69) is 5.32 Å². The number of ether oxygens (including phenoxy) is 3. The molecule has 0 aliphatic carbocycles. The van der Waals surface area contributed by atoms with Gasteiger partial charge in [-0.1, -0.05) is 65.3 Å². The molecule has 7 nitrogen and oxygen atoms in total. The van der Waals surface area contributed by atoms with Gasteiger partial charge in [-0.05, 0) is 47.9 Å². The van der Waals surface area contributed by atoms with Crippen molar-refractivity contribution >= 4 is 46.5 Å². The second-order valence-corrected chi connectivity index (χ2v) is 10.3. The van der Waals surface area contributed by atoms with Crippen molar-refractivity contribution in [3.63, 3.8) is 0 Å². The van der Waals surface area contributed by atoms with Crippen molar-refractivity contribution in [1.29, 1.82) is 0 Å². The summed E-state index contributed by atoms with van der Waals surface area (Å²) in [4.78, 5) is 36.9. The molecule has 1 atom stereocenters. The largest absolute Gasteiger partial charge is 0.426 e. The Labute approximate surface area is 234 Å². The van der Waals surface area contributed by atoms with E-state index >= 15 is 0 Å². The van der Waals surface area contributed by atoms with Gasteiger partial charge in [0.05, 0.1) is 22.8 Å². The minimum absolute atomic E-state index is 0. The number of carbonyl (C=O) groups excluding carboxylic acids is 3. The van der Waals surface area contributed by atoms with Crippen LogP contribution in [0, 0.1) is 17.8 Å². The molecule has 0 radical (unpaired) electrons. The van der Waals surface area contributed by atoms with Crippen LogP contribution in [-0.2, 0) is 20.8 Å². The standard InChI is InChI=1S/C28H34ClNO6.BrH/c1-15(2)26(31)34-19-9-7-18(8-10-19)22-14-30-12-11-20-21(22)13-23(35-27(32)16(3)4)25(24(20)29)36-28(33)17(5)6;/h7-10,13,15-17,22,30H,11-12,14H2,1-6H3;1H. The molecule has 9 heteroatoms. The molecular weight excluding hydrogens is 562 g/mol. The van der Waals surface area contributed by atoms with Crippen LogP contribution < -0.4 is 19.5 Å². The Balaban J connectivity index is 0.00000481. The summed E-state index contributed by atoms with van der Waals surface area (Å²) in [5.74, 6) is -1.66. The van der Waals surface area contributed by atoms with Gasteiger partial charge in [0.15, 0.2) is 11.5 Å². The number of nitrogens with one attached hydrogen (secondary N) is 1. The Morgan fingerprint density at radius 2 is 1.41 bits per heavy atom. The zero-order valence-electron chi connectivity index (χ0n) is 22.1. The zero-order chi connectivity index (χ0) is 26.6. The van der Waals surface area contributed by atoms with Gasteiger partial charge in [0.1, 0.15) is 5.75 Å². The Hall–Kier alpha value is -2.42. The fourth-order valence-corrected chi connectivity index (χ4v) is 4.05. The molecule has 2 aromatic rings. The molecule has 0 saturated heterocycles. The zero-order valence-corrected chi connectivity index (χ0v) is 24.5. The van der Waals surface area contributed by atoms with Gasteiger partial charge in [-0.25, -0.2) is 0 Å². The molecule has 37 heavy (non-hydrogen) atoms. The number of hydrogen-bond acceptors (Lipinski definition) is 7. The first-order valence-electron chi connectivity index (χ1n) is 12.3. The molecule has 0 aromatic heterocycles. The number of benzene rings is 2. The highest BCUT2D eigenvalue weighted by Crippen LogP contribution is 2.45. The molecule has 1 aliphatic heterocycles. The molecule has 1 heterocycles. The average molecular weight is 597 g/mol. The lowest BCUT2D eigenvalue weighted by Crippen LogP contribution is -2.21. The lowest BCUT2D eigenvalue weighted by atomic mass is 9.87. The van der Waals surface area contributed by atoms with Gasteiger partial charge in [-0.2, -0.15) is 0 Å². The summed E-state index contributed by atoms with van der Waals surface area (Å²) < 4.78 is 16.7. The molecule has 1 N–H and O–H groups in total. The Kier molecular flexibility index (Phi) is 11.2. The SMILES string of the molecule is Br.CC(C)C(=O)Oc1ccc(C2CNCCc3c2cc(OC(=O)C(C)C)c(OC(=O)C(C)C)c3Cl)cc1. The van der Waals surface area contributed by atoms with Gasteiger partial charge in [0, 0.05) is 12.5 Å². The third-order valence-electron chi connectivity index (χ3n) is 5.93. The maximum atomic E-state index is 12.5. The first-order chi connectivity index (χ1) is 17.0. The van der Waals surface area contributed by atoms with E-state index < -0.39 is 11.9 Å². The topological polar surface area (TPSA) is 90.9 Å². The van der Waals surface area contributed by atoms with Crippen molar-refractivity contribution in [3.8, 4) is 17.2 Å². The summed E-state index contributed by atoms with van der Waals surface area (Å²) in [6.45, 7) is 11.8. The quantitative estimate of drug-likeness (QED) is 0.315. The van der Waals surface area contributed by atoms with Gasteiger partial charge in [-0.3, -0.25) is 14.4 Å². The van der Waals surface area contributed by atoms with E-state index in [4.69, 9.17) is 25.8 Å². The van der Waals surface area contributed by atoms with E-state index in [1.54, 1.807) is 59.7 Å². The van der Waals surface area contributed by atoms with Crippen LogP contribution in [0.2, 0.25) is 5.02 Å². The minimum Gasteiger partial charge on any atom is -0.426 e. The van der Waals surface area contributed by atoms with Crippen LogP contribution in [-0.4, -0.2) is 31.0 Å². The fraction of sp³-hybridized carbons (Fsp3) is 0.464. The Morgan fingerprint density at radius 1 is 0.865 bits per heavy atom. The lowest BCUT2D eigenvalue weighted by Gasteiger charge is -2.23. The third-order valence-corrected chi connectivity index (χ3v) is 6.33. The van der Waals surface area contributed by atoms with Crippen LogP contribution in [0.5, 0.6) is 17.2 Å². The van der Waals surface area contributed by atoms with Crippen LogP contribution in [0.25, 0.3) is 0 Å². The molecule has 0 saturated carbocycles. The molecule has 2 aromatic carbocycles. The van der Waals surface area contributed by atoms with Gasteiger partial charge in [-0.15, -0.1) is 17.0 Å². The molecule has 1 unspecified atom stereocenters. The number of hydrogen-bond donors (Lipinski definition) is 1. The summed E-state index contributed by atoms with van der Waals surface area (Å²) in [6, 6.07) is 9.10. The van der Waals surface area contributed by atoms with E-state index in [1.807, 2.05) is 12.1 Å². The maximum absolute atomic E-state index is 12.5. The van der Waals surface area contributed by atoms with Gasteiger partial charge >= 0.3 is 17.9 Å². The second-order valence-electron chi connectivity index (χ2n) is 9.89. The Morgan fingerprint density at radius 3 is 1.97 bits per heavy atom. The van der Waals surface area contributed by atoms with Crippen molar-refractivity contribution in [2.24, 2.45) is 17.8 Å². The normalized spacial score (nSPS) is 15.0.